The second kappa shape index (κ2) is 8.80. The van der Waals surface area contributed by atoms with E-state index in [0.717, 1.165) is 5.56 Å². The van der Waals surface area contributed by atoms with E-state index in [2.05, 4.69) is 10.3 Å². The van der Waals surface area contributed by atoms with Crippen molar-refractivity contribution < 1.29 is 14.3 Å². The van der Waals surface area contributed by atoms with Crippen LogP contribution in [-0.2, 0) is 16.0 Å². The molecule has 0 fully saturated rings. The van der Waals surface area contributed by atoms with Gasteiger partial charge in [-0.3, -0.25) is 9.59 Å². The second-order valence-corrected chi connectivity index (χ2v) is 5.96. The highest BCUT2D eigenvalue weighted by Gasteiger charge is 2.16. The highest BCUT2D eigenvalue weighted by Crippen LogP contribution is 2.26. The number of ether oxygens (including phenoxy) is 1. The van der Waals surface area contributed by atoms with E-state index < -0.39 is 17.9 Å². The van der Waals surface area contributed by atoms with E-state index in [4.69, 9.17) is 33.7 Å². The fourth-order valence-corrected chi connectivity index (χ4v) is 2.45. The number of carbonyl (C=O) groups is 2. The molecule has 1 aromatic heterocycles. The first kappa shape index (κ1) is 19.2. The normalized spacial score (nSPS) is 11.7. The molecule has 1 amide bonds. The maximum absolute atomic E-state index is 12.2. The number of esters is 1. The summed E-state index contributed by atoms with van der Waals surface area (Å²) in [4.78, 5) is 27.9. The summed E-state index contributed by atoms with van der Waals surface area (Å²) < 4.78 is 4.86. The minimum absolute atomic E-state index is 0.179. The standard InChI is InChI=1S/C17H17Cl2N3O3/c1-2-25-17(24)13(20)8-10-6-7-14(21-9-10)22-16(23)11-4-3-5-12(18)15(11)19/h3-7,9,13H,2,8,20H2,1H3,(H,21,22,23). The van der Waals surface area contributed by atoms with Gasteiger partial charge in [-0.2, -0.15) is 0 Å². The fraction of sp³-hybridized carbons (Fsp3) is 0.235. The average molecular weight is 382 g/mol. The zero-order valence-electron chi connectivity index (χ0n) is 13.5. The molecule has 0 aliphatic heterocycles. The van der Waals surface area contributed by atoms with Crippen LogP contribution in [-0.4, -0.2) is 29.5 Å². The van der Waals surface area contributed by atoms with E-state index in [0.29, 0.717) is 17.3 Å². The third kappa shape index (κ3) is 5.16. The van der Waals surface area contributed by atoms with Crippen molar-refractivity contribution in [1.29, 1.82) is 0 Å². The Balaban J connectivity index is 2.01. The number of benzene rings is 1. The van der Waals surface area contributed by atoms with Gasteiger partial charge < -0.3 is 15.8 Å². The highest BCUT2D eigenvalue weighted by molar-refractivity contribution is 6.44. The number of hydrogen-bond donors (Lipinski definition) is 2. The molecule has 1 heterocycles. The van der Waals surface area contributed by atoms with E-state index in [9.17, 15) is 9.59 Å². The van der Waals surface area contributed by atoms with E-state index in [1.54, 1.807) is 37.3 Å². The largest absolute Gasteiger partial charge is 0.465 e. The molecule has 1 atom stereocenters. The fourth-order valence-electron chi connectivity index (χ4n) is 2.07. The maximum Gasteiger partial charge on any atom is 0.323 e. The van der Waals surface area contributed by atoms with Gasteiger partial charge in [-0.05, 0) is 37.1 Å². The summed E-state index contributed by atoms with van der Waals surface area (Å²) in [5.41, 5.74) is 6.77. The van der Waals surface area contributed by atoms with Gasteiger partial charge in [0.1, 0.15) is 11.9 Å². The highest BCUT2D eigenvalue weighted by atomic mass is 35.5. The molecule has 1 unspecified atom stereocenters. The Morgan fingerprint density at radius 3 is 2.68 bits per heavy atom. The molecule has 0 aliphatic carbocycles. The lowest BCUT2D eigenvalue weighted by atomic mass is 10.1. The van der Waals surface area contributed by atoms with Crippen molar-refractivity contribution >= 4 is 40.9 Å². The molecule has 25 heavy (non-hydrogen) atoms. The number of rotatable bonds is 6. The van der Waals surface area contributed by atoms with Gasteiger partial charge in [0.25, 0.3) is 5.91 Å². The van der Waals surface area contributed by atoms with Gasteiger partial charge in [-0.25, -0.2) is 4.98 Å². The number of nitrogens with one attached hydrogen (secondary N) is 1. The lowest BCUT2D eigenvalue weighted by Gasteiger charge is -2.11. The van der Waals surface area contributed by atoms with Gasteiger partial charge in [-0.15, -0.1) is 0 Å². The Bertz CT molecular complexity index is 766. The third-order valence-electron chi connectivity index (χ3n) is 3.31. The molecular formula is C17H17Cl2N3O3. The van der Waals surface area contributed by atoms with E-state index in [1.807, 2.05) is 0 Å². The molecule has 0 radical (unpaired) electrons. The van der Waals surface area contributed by atoms with E-state index in [1.165, 1.54) is 6.20 Å². The predicted molar refractivity (Wildman–Crippen MR) is 97.0 cm³/mol. The molecule has 0 bridgehead atoms. The summed E-state index contributed by atoms with van der Waals surface area (Å²) in [6, 6.07) is 7.38. The van der Waals surface area contributed by atoms with Crippen LogP contribution in [0.4, 0.5) is 5.82 Å². The van der Waals surface area contributed by atoms with Crippen LogP contribution in [0, 0.1) is 0 Å². The summed E-state index contributed by atoms with van der Waals surface area (Å²) >= 11 is 11.9. The molecular weight excluding hydrogens is 365 g/mol. The van der Waals surface area contributed by atoms with Crippen LogP contribution in [0.15, 0.2) is 36.5 Å². The van der Waals surface area contributed by atoms with Gasteiger partial charge in [-0.1, -0.05) is 35.3 Å². The van der Waals surface area contributed by atoms with Gasteiger partial charge in [0.05, 0.1) is 22.2 Å². The topological polar surface area (TPSA) is 94.3 Å². The smallest absolute Gasteiger partial charge is 0.323 e. The van der Waals surface area contributed by atoms with Crippen LogP contribution in [0.5, 0.6) is 0 Å². The van der Waals surface area contributed by atoms with Crippen LogP contribution < -0.4 is 11.1 Å². The summed E-state index contributed by atoms with van der Waals surface area (Å²) in [7, 11) is 0. The van der Waals surface area contributed by atoms with Crippen LogP contribution in [0.3, 0.4) is 0 Å². The molecule has 132 valence electrons. The molecule has 0 saturated heterocycles. The summed E-state index contributed by atoms with van der Waals surface area (Å²) in [5, 5.41) is 3.11. The molecule has 0 saturated carbocycles. The second-order valence-electron chi connectivity index (χ2n) is 5.17. The monoisotopic (exact) mass is 381 g/mol. The number of aromatic nitrogens is 1. The summed E-state index contributed by atoms with van der Waals surface area (Å²) in [6.07, 6.45) is 1.83. The molecule has 2 rings (SSSR count). The van der Waals surface area contributed by atoms with E-state index >= 15 is 0 Å². The SMILES string of the molecule is CCOC(=O)C(N)Cc1ccc(NC(=O)c2cccc(Cl)c2Cl)nc1. The molecule has 0 spiro atoms. The summed E-state index contributed by atoms with van der Waals surface area (Å²) in [5.74, 6) is -0.541. The average Bonchev–Trinajstić information content (AvgIpc) is 2.59. The predicted octanol–water partition coefficient (Wildman–Crippen LogP) is 3.07. The zero-order chi connectivity index (χ0) is 18.4. The van der Waals surface area contributed by atoms with Gasteiger partial charge >= 0.3 is 5.97 Å². The number of amides is 1. The van der Waals surface area contributed by atoms with Crippen molar-refractivity contribution in [2.24, 2.45) is 5.73 Å². The number of anilines is 1. The van der Waals surface area contributed by atoms with Crippen molar-refractivity contribution in [1.82, 2.24) is 4.98 Å². The number of nitrogens with zero attached hydrogens (tertiary/aromatic N) is 1. The number of carbonyl (C=O) groups excluding carboxylic acids is 2. The first-order valence-corrected chi connectivity index (χ1v) is 8.30. The molecule has 2 aromatic rings. The Morgan fingerprint density at radius 2 is 2.04 bits per heavy atom. The van der Waals surface area contributed by atoms with Crippen LogP contribution >= 0.6 is 23.2 Å². The number of nitrogens with two attached hydrogens (primary N) is 1. The van der Waals surface area contributed by atoms with E-state index in [-0.39, 0.29) is 17.2 Å². The lowest BCUT2D eigenvalue weighted by Crippen LogP contribution is -2.34. The minimum atomic E-state index is -0.757. The maximum atomic E-state index is 12.2. The molecule has 0 aliphatic rings. The first-order chi connectivity index (χ1) is 11.9. The summed E-state index contributed by atoms with van der Waals surface area (Å²) in [6.45, 7) is 2.00. The minimum Gasteiger partial charge on any atom is -0.465 e. The Labute approximate surface area is 155 Å². The van der Waals surface area contributed by atoms with Crippen molar-refractivity contribution in [2.75, 3.05) is 11.9 Å². The molecule has 1 aromatic carbocycles. The van der Waals surface area contributed by atoms with Crippen LogP contribution in [0.2, 0.25) is 10.0 Å². The van der Waals surface area contributed by atoms with Gasteiger partial charge in [0.15, 0.2) is 0 Å². The Hall–Kier alpha value is -2.15. The van der Waals surface area contributed by atoms with Crippen molar-refractivity contribution in [2.45, 2.75) is 19.4 Å². The van der Waals surface area contributed by atoms with Crippen molar-refractivity contribution in [3.63, 3.8) is 0 Å². The van der Waals surface area contributed by atoms with Crippen molar-refractivity contribution in [3.8, 4) is 0 Å². The van der Waals surface area contributed by atoms with Crippen LogP contribution in [0.25, 0.3) is 0 Å². The zero-order valence-corrected chi connectivity index (χ0v) is 15.0. The molecule has 8 heteroatoms. The van der Waals surface area contributed by atoms with Crippen LogP contribution in [0.1, 0.15) is 22.8 Å². The van der Waals surface area contributed by atoms with Gasteiger partial charge in [0, 0.05) is 6.20 Å². The quantitative estimate of drug-likeness (QED) is 0.749. The van der Waals surface area contributed by atoms with Gasteiger partial charge in [0.2, 0.25) is 0 Å². The Kier molecular flexibility index (Phi) is 6.75. The first-order valence-electron chi connectivity index (χ1n) is 7.55. The molecule has 3 N–H and O–H groups in total. The number of halogens is 2. The molecule has 6 nitrogen and oxygen atoms in total. The van der Waals surface area contributed by atoms with Crippen molar-refractivity contribution in [3.05, 3.63) is 57.7 Å². The Morgan fingerprint density at radius 1 is 1.28 bits per heavy atom. The number of hydrogen-bond acceptors (Lipinski definition) is 5. The lowest BCUT2D eigenvalue weighted by molar-refractivity contribution is -0.144. The third-order valence-corrected chi connectivity index (χ3v) is 4.13. The number of pyridine rings is 1.